The van der Waals surface area contributed by atoms with Crippen molar-refractivity contribution >= 4 is 41.0 Å². The zero-order valence-corrected chi connectivity index (χ0v) is 13.8. The van der Waals surface area contributed by atoms with Crippen molar-refractivity contribution in [2.24, 2.45) is 10.9 Å². The van der Waals surface area contributed by atoms with E-state index in [2.05, 4.69) is 12.1 Å². The van der Waals surface area contributed by atoms with E-state index in [1.54, 1.807) is 23.5 Å². The smallest absolute Gasteiger partial charge is 0.172 e. The van der Waals surface area contributed by atoms with Crippen LogP contribution in [0.1, 0.15) is 12.5 Å². The Labute approximate surface area is 137 Å². The van der Waals surface area contributed by atoms with E-state index < -0.39 is 0 Å². The van der Waals surface area contributed by atoms with E-state index >= 15 is 0 Å². The van der Waals surface area contributed by atoms with Gasteiger partial charge in [0.15, 0.2) is 5.84 Å². The number of halogens is 1. The fraction of sp³-hybridized carbons (Fsp3) is 0.133. The SMILES string of the molecule is CCSc1cccc(Sc2cccc(Cl)c2)c1/C(N)=N/O. The normalized spacial score (nSPS) is 11.6. The molecule has 0 heterocycles. The molecule has 21 heavy (non-hydrogen) atoms. The fourth-order valence-electron chi connectivity index (χ4n) is 1.83. The van der Waals surface area contributed by atoms with Crippen LogP contribution in [0.4, 0.5) is 0 Å². The van der Waals surface area contributed by atoms with E-state index in [0.29, 0.717) is 5.02 Å². The molecule has 0 aromatic heterocycles. The quantitative estimate of drug-likeness (QED) is 0.273. The van der Waals surface area contributed by atoms with Gasteiger partial charge in [0.25, 0.3) is 0 Å². The summed E-state index contributed by atoms with van der Waals surface area (Å²) in [5, 5.41) is 12.9. The van der Waals surface area contributed by atoms with E-state index in [-0.39, 0.29) is 5.84 Å². The van der Waals surface area contributed by atoms with Gasteiger partial charge in [0.1, 0.15) is 0 Å². The molecule has 0 spiro atoms. The van der Waals surface area contributed by atoms with Gasteiger partial charge in [-0.3, -0.25) is 0 Å². The molecular formula is C15H15ClN2OS2. The van der Waals surface area contributed by atoms with Crippen molar-refractivity contribution in [3.8, 4) is 0 Å². The minimum Gasteiger partial charge on any atom is -0.409 e. The lowest BCUT2D eigenvalue weighted by molar-refractivity contribution is 0.318. The summed E-state index contributed by atoms with van der Waals surface area (Å²) in [6, 6.07) is 13.5. The average molecular weight is 339 g/mol. The molecule has 2 rings (SSSR count). The first-order chi connectivity index (χ1) is 10.2. The van der Waals surface area contributed by atoms with Gasteiger partial charge in [0.05, 0.1) is 0 Å². The minimum absolute atomic E-state index is 0.121. The molecule has 0 amide bonds. The van der Waals surface area contributed by atoms with Gasteiger partial charge in [-0.05, 0) is 36.1 Å². The van der Waals surface area contributed by atoms with Crippen LogP contribution in [0.3, 0.4) is 0 Å². The zero-order valence-electron chi connectivity index (χ0n) is 11.4. The van der Waals surface area contributed by atoms with Crippen LogP contribution in [-0.2, 0) is 0 Å². The van der Waals surface area contributed by atoms with E-state index in [1.807, 2.05) is 42.5 Å². The summed E-state index contributed by atoms with van der Waals surface area (Å²) in [5.41, 5.74) is 6.62. The number of nitrogens with two attached hydrogens (primary N) is 1. The predicted octanol–water partition coefficient (Wildman–Crippen LogP) is 4.70. The maximum absolute atomic E-state index is 9.04. The molecule has 0 unspecified atom stereocenters. The van der Waals surface area contributed by atoms with Gasteiger partial charge in [-0.2, -0.15) is 0 Å². The summed E-state index contributed by atoms with van der Waals surface area (Å²) < 4.78 is 0. The number of amidine groups is 1. The van der Waals surface area contributed by atoms with Crippen LogP contribution < -0.4 is 5.73 Å². The first-order valence-electron chi connectivity index (χ1n) is 6.32. The molecule has 0 bridgehead atoms. The summed E-state index contributed by atoms with van der Waals surface area (Å²) in [4.78, 5) is 2.94. The van der Waals surface area contributed by atoms with Crippen LogP contribution in [0.5, 0.6) is 0 Å². The third-order valence-electron chi connectivity index (χ3n) is 2.68. The van der Waals surface area contributed by atoms with Gasteiger partial charge >= 0.3 is 0 Å². The van der Waals surface area contributed by atoms with Crippen LogP contribution in [0.25, 0.3) is 0 Å². The Bertz CT molecular complexity index is 662. The number of rotatable bonds is 5. The second kappa shape index (κ2) is 7.64. The van der Waals surface area contributed by atoms with Gasteiger partial charge in [-0.1, -0.05) is 47.6 Å². The Kier molecular flexibility index (Phi) is 5.85. The van der Waals surface area contributed by atoms with Crippen LogP contribution in [0.15, 0.2) is 62.3 Å². The number of nitrogens with zero attached hydrogens (tertiary/aromatic N) is 1. The molecule has 0 aliphatic rings. The van der Waals surface area contributed by atoms with Crippen molar-refractivity contribution in [2.45, 2.75) is 21.6 Å². The summed E-state index contributed by atoms with van der Waals surface area (Å²) >= 11 is 9.22. The second-order valence-electron chi connectivity index (χ2n) is 4.11. The Morgan fingerprint density at radius 2 is 1.95 bits per heavy atom. The molecule has 0 saturated carbocycles. The summed E-state index contributed by atoms with van der Waals surface area (Å²) in [7, 11) is 0. The summed E-state index contributed by atoms with van der Waals surface area (Å²) in [6.07, 6.45) is 0. The monoisotopic (exact) mass is 338 g/mol. The first-order valence-corrected chi connectivity index (χ1v) is 8.50. The molecule has 110 valence electrons. The zero-order chi connectivity index (χ0) is 15.2. The third-order valence-corrected chi connectivity index (χ3v) is 4.90. The molecule has 2 aromatic rings. The highest BCUT2D eigenvalue weighted by atomic mass is 35.5. The van der Waals surface area contributed by atoms with Gasteiger partial charge in [0, 0.05) is 25.3 Å². The standard InChI is InChI=1S/C15H15ClN2OS2/c1-2-20-12-7-4-8-13(14(12)15(17)18-19)21-11-6-3-5-10(16)9-11/h3-9,19H,2H2,1H3,(H2,17,18). The lowest BCUT2D eigenvalue weighted by atomic mass is 10.2. The van der Waals surface area contributed by atoms with E-state index in [4.69, 9.17) is 22.5 Å². The Morgan fingerprint density at radius 3 is 2.62 bits per heavy atom. The molecule has 0 fully saturated rings. The highest BCUT2D eigenvalue weighted by Gasteiger charge is 2.14. The molecule has 0 aliphatic carbocycles. The first kappa shape index (κ1) is 16.1. The average Bonchev–Trinajstić information content (AvgIpc) is 2.47. The number of thioether (sulfide) groups is 1. The Hall–Kier alpha value is -1.30. The van der Waals surface area contributed by atoms with Crippen molar-refractivity contribution in [3.63, 3.8) is 0 Å². The Morgan fingerprint density at radius 1 is 1.24 bits per heavy atom. The van der Waals surface area contributed by atoms with Gasteiger partial charge < -0.3 is 10.9 Å². The van der Waals surface area contributed by atoms with Crippen LogP contribution in [-0.4, -0.2) is 16.8 Å². The molecule has 6 heteroatoms. The fourth-order valence-corrected chi connectivity index (χ4v) is 4.05. The lowest BCUT2D eigenvalue weighted by Crippen LogP contribution is -2.15. The topological polar surface area (TPSA) is 58.6 Å². The van der Waals surface area contributed by atoms with E-state index in [1.165, 1.54) is 0 Å². The highest BCUT2D eigenvalue weighted by Crippen LogP contribution is 2.36. The molecule has 3 N–H and O–H groups in total. The number of oxime groups is 1. The van der Waals surface area contributed by atoms with Crippen LogP contribution in [0.2, 0.25) is 5.02 Å². The van der Waals surface area contributed by atoms with E-state index in [9.17, 15) is 0 Å². The predicted molar refractivity (Wildman–Crippen MR) is 90.9 cm³/mol. The van der Waals surface area contributed by atoms with Gasteiger partial charge in [-0.15, -0.1) is 11.8 Å². The maximum atomic E-state index is 9.04. The van der Waals surface area contributed by atoms with Gasteiger partial charge in [0.2, 0.25) is 0 Å². The molecule has 0 radical (unpaired) electrons. The van der Waals surface area contributed by atoms with Crippen molar-refractivity contribution in [3.05, 3.63) is 53.1 Å². The third kappa shape index (κ3) is 4.09. The molecular weight excluding hydrogens is 324 g/mol. The molecule has 0 atom stereocenters. The van der Waals surface area contributed by atoms with Gasteiger partial charge in [-0.25, -0.2) is 0 Å². The lowest BCUT2D eigenvalue weighted by Gasteiger charge is -2.12. The van der Waals surface area contributed by atoms with Crippen molar-refractivity contribution < 1.29 is 5.21 Å². The van der Waals surface area contributed by atoms with Crippen molar-refractivity contribution in [1.29, 1.82) is 0 Å². The maximum Gasteiger partial charge on any atom is 0.172 e. The number of benzene rings is 2. The summed E-state index contributed by atoms with van der Waals surface area (Å²) in [5.74, 6) is 1.04. The summed E-state index contributed by atoms with van der Waals surface area (Å²) in [6.45, 7) is 2.07. The van der Waals surface area contributed by atoms with Crippen molar-refractivity contribution in [1.82, 2.24) is 0 Å². The number of hydrogen-bond donors (Lipinski definition) is 2. The number of hydrogen-bond acceptors (Lipinski definition) is 4. The Balaban J connectivity index is 2.45. The van der Waals surface area contributed by atoms with Crippen LogP contribution in [0, 0.1) is 0 Å². The highest BCUT2D eigenvalue weighted by molar-refractivity contribution is 8.00. The molecule has 0 aliphatic heterocycles. The largest absolute Gasteiger partial charge is 0.409 e. The van der Waals surface area contributed by atoms with Crippen molar-refractivity contribution in [2.75, 3.05) is 5.75 Å². The molecule has 0 saturated heterocycles. The van der Waals surface area contributed by atoms with Crippen LogP contribution >= 0.6 is 35.1 Å². The second-order valence-corrected chi connectivity index (χ2v) is 6.96. The molecule has 3 nitrogen and oxygen atoms in total. The molecule has 2 aromatic carbocycles. The van der Waals surface area contributed by atoms with E-state index in [0.717, 1.165) is 26.0 Å². The minimum atomic E-state index is 0.121.